The molecule has 28 heavy (non-hydrogen) atoms. The van der Waals surface area contributed by atoms with Gasteiger partial charge in [0, 0.05) is 10.8 Å². The van der Waals surface area contributed by atoms with Crippen LogP contribution in [0.2, 0.25) is 0 Å². The Kier molecular flexibility index (Phi) is 2.14. The molecule has 0 aromatic rings. The molecule has 0 fully saturated rings. The van der Waals surface area contributed by atoms with Crippen molar-refractivity contribution in [1.29, 1.82) is 0 Å². The lowest BCUT2D eigenvalue weighted by atomic mass is 9.44. The first-order valence-electron chi connectivity index (χ1n) is 10.3. The summed E-state index contributed by atoms with van der Waals surface area (Å²) in [7, 11) is 0. The molecule has 2 nitrogen and oxygen atoms in total. The minimum absolute atomic E-state index is 0.0811. The summed E-state index contributed by atoms with van der Waals surface area (Å²) in [6, 6.07) is 0. The van der Waals surface area contributed by atoms with E-state index in [4.69, 9.17) is 9.47 Å². The summed E-state index contributed by atoms with van der Waals surface area (Å²) in [5, 5.41) is 0. The van der Waals surface area contributed by atoms with Gasteiger partial charge >= 0.3 is 0 Å². The van der Waals surface area contributed by atoms with Crippen LogP contribution in [0, 0.1) is 10.8 Å². The maximum atomic E-state index is 6.23. The fourth-order valence-electron chi connectivity index (χ4n) is 7.03. The summed E-state index contributed by atoms with van der Waals surface area (Å²) in [5.41, 5.74) is 11.1. The third-order valence-corrected chi connectivity index (χ3v) is 8.61. The molecule has 0 saturated carbocycles. The second-order valence-corrected chi connectivity index (χ2v) is 9.41. The van der Waals surface area contributed by atoms with Crippen LogP contribution in [0.4, 0.5) is 0 Å². The van der Waals surface area contributed by atoms with Crippen molar-refractivity contribution in [3.63, 3.8) is 0 Å². The van der Waals surface area contributed by atoms with E-state index in [2.05, 4.69) is 74.6 Å². The first kappa shape index (κ1) is 14.6. The van der Waals surface area contributed by atoms with Gasteiger partial charge in [-0.2, -0.15) is 0 Å². The van der Waals surface area contributed by atoms with Crippen molar-refractivity contribution in [1.82, 2.24) is 0 Å². The Morgan fingerprint density at radius 1 is 0.643 bits per heavy atom. The number of allylic oxidation sites excluding steroid dienone is 6. The molecule has 4 aliphatic heterocycles. The zero-order valence-corrected chi connectivity index (χ0v) is 15.9. The molecule has 0 saturated heterocycles. The van der Waals surface area contributed by atoms with Crippen LogP contribution in [0.3, 0.4) is 0 Å². The summed E-state index contributed by atoms with van der Waals surface area (Å²) < 4.78 is 12.5. The van der Waals surface area contributed by atoms with Crippen LogP contribution >= 0.6 is 0 Å². The summed E-state index contributed by atoms with van der Waals surface area (Å²) in [5.74, 6) is 0. The molecule has 4 aliphatic carbocycles. The van der Waals surface area contributed by atoms with Gasteiger partial charge in [0.1, 0.15) is 24.4 Å². The summed E-state index contributed by atoms with van der Waals surface area (Å²) in [4.78, 5) is 0. The van der Waals surface area contributed by atoms with Gasteiger partial charge in [0.25, 0.3) is 0 Å². The molecule has 136 valence electrons. The molecule has 0 spiro atoms. The van der Waals surface area contributed by atoms with Crippen LogP contribution in [0.25, 0.3) is 0 Å². The standard InChI is InChI=1S/C26H20O2/c1-25-13-3-4-14-12-16-20-8-10-22(28-20)24(16)18(26(14,25)2)6-5-17(25)23-15(11-13)19-7-9-21(23)27-19/h3-12,19-22H,1-2H3/t19?,20?,21?,22?,25-,26-/m1/s1. The Bertz CT molecular complexity index is 1110. The highest BCUT2D eigenvalue weighted by Gasteiger charge is 2.62. The van der Waals surface area contributed by atoms with E-state index in [0.717, 1.165) is 0 Å². The molecule has 2 heteroatoms. The molecule has 0 aromatic heterocycles. The maximum Gasteiger partial charge on any atom is 0.103 e. The van der Waals surface area contributed by atoms with Gasteiger partial charge in [0.15, 0.2) is 0 Å². The first-order valence-corrected chi connectivity index (χ1v) is 10.3. The van der Waals surface area contributed by atoms with Crippen molar-refractivity contribution in [3.05, 3.63) is 105 Å². The van der Waals surface area contributed by atoms with E-state index >= 15 is 0 Å². The zero-order chi connectivity index (χ0) is 18.4. The topological polar surface area (TPSA) is 18.5 Å². The van der Waals surface area contributed by atoms with E-state index in [0.29, 0.717) is 0 Å². The Morgan fingerprint density at radius 2 is 1.07 bits per heavy atom. The Labute approximate surface area is 164 Å². The maximum absolute atomic E-state index is 6.23. The summed E-state index contributed by atoms with van der Waals surface area (Å²) in [6.07, 6.45) is 23.7. The van der Waals surface area contributed by atoms with Crippen molar-refractivity contribution in [2.75, 3.05) is 0 Å². The van der Waals surface area contributed by atoms with Crippen molar-refractivity contribution < 1.29 is 9.47 Å². The second-order valence-electron chi connectivity index (χ2n) is 9.41. The summed E-state index contributed by atoms with van der Waals surface area (Å²) in [6.45, 7) is 4.90. The zero-order valence-electron chi connectivity index (χ0n) is 15.9. The van der Waals surface area contributed by atoms with Gasteiger partial charge in [0.05, 0.1) is 0 Å². The highest BCUT2D eigenvalue weighted by Crippen LogP contribution is 2.70. The molecular weight excluding hydrogens is 344 g/mol. The smallest absolute Gasteiger partial charge is 0.103 e. The summed E-state index contributed by atoms with van der Waals surface area (Å²) >= 11 is 0. The molecular formula is C26H20O2. The number of hydrogen-bond acceptors (Lipinski definition) is 2. The third-order valence-electron chi connectivity index (χ3n) is 8.61. The molecule has 4 bridgehead atoms. The largest absolute Gasteiger partial charge is 0.357 e. The van der Waals surface area contributed by atoms with Crippen LogP contribution in [0.5, 0.6) is 0 Å². The van der Waals surface area contributed by atoms with Gasteiger partial charge in [-0.1, -0.05) is 74.6 Å². The molecule has 0 radical (unpaired) electrons. The number of ether oxygens (including phenoxy) is 2. The SMILES string of the molecule is C[C@@]12C3=CC4=C(C1=CC=C1C5=C(C=C(C=C3)[C@]12C)C1C=CC5O1)C1C=CC4O1. The van der Waals surface area contributed by atoms with Gasteiger partial charge in [-0.05, 0) is 44.6 Å². The van der Waals surface area contributed by atoms with Crippen molar-refractivity contribution in [3.8, 4) is 0 Å². The van der Waals surface area contributed by atoms with Crippen molar-refractivity contribution >= 4 is 0 Å². The van der Waals surface area contributed by atoms with E-state index in [1.54, 1.807) is 0 Å². The lowest BCUT2D eigenvalue weighted by Gasteiger charge is -2.58. The van der Waals surface area contributed by atoms with Gasteiger partial charge in [-0.25, -0.2) is 0 Å². The monoisotopic (exact) mass is 364 g/mol. The molecule has 6 atom stereocenters. The number of rotatable bonds is 0. The molecule has 8 rings (SSSR count). The molecule has 8 aliphatic rings. The second kappa shape index (κ2) is 4.12. The number of hydrogen-bond donors (Lipinski definition) is 0. The minimum atomic E-state index is -0.0811. The van der Waals surface area contributed by atoms with E-state index < -0.39 is 0 Å². The third kappa shape index (κ3) is 1.24. The quantitative estimate of drug-likeness (QED) is 0.586. The molecule has 0 aromatic carbocycles. The van der Waals surface area contributed by atoms with Crippen LogP contribution in [0.1, 0.15) is 13.8 Å². The number of fused-ring (bicyclic) bond motifs is 10. The van der Waals surface area contributed by atoms with Gasteiger partial charge in [-0.15, -0.1) is 0 Å². The average molecular weight is 364 g/mol. The van der Waals surface area contributed by atoms with Crippen LogP contribution in [-0.4, -0.2) is 24.4 Å². The predicted octanol–water partition coefficient (Wildman–Crippen LogP) is 4.58. The van der Waals surface area contributed by atoms with E-state index in [1.807, 2.05) is 0 Å². The highest BCUT2D eigenvalue weighted by molar-refractivity contribution is 5.76. The fraction of sp³-hybridized carbons (Fsp3) is 0.308. The molecule has 4 unspecified atom stereocenters. The van der Waals surface area contributed by atoms with E-state index in [-0.39, 0.29) is 35.2 Å². The van der Waals surface area contributed by atoms with Gasteiger partial charge < -0.3 is 9.47 Å². The molecule has 0 N–H and O–H groups in total. The highest BCUT2D eigenvalue weighted by atomic mass is 16.5. The lowest BCUT2D eigenvalue weighted by Crippen LogP contribution is -2.50. The molecule has 0 amide bonds. The Hall–Kier alpha value is -2.42. The normalized spacial score (nSPS) is 47.1. The van der Waals surface area contributed by atoms with E-state index in [9.17, 15) is 0 Å². The van der Waals surface area contributed by atoms with Crippen molar-refractivity contribution in [2.24, 2.45) is 10.8 Å². The molecule has 4 heterocycles. The van der Waals surface area contributed by atoms with E-state index in [1.165, 1.54) is 44.6 Å². The average Bonchev–Trinajstić information content (AvgIpc) is 3.46. The fourth-order valence-corrected chi connectivity index (χ4v) is 7.03. The van der Waals surface area contributed by atoms with Crippen LogP contribution < -0.4 is 0 Å². The van der Waals surface area contributed by atoms with Crippen LogP contribution in [0.15, 0.2) is 105 Å². The Morgan fingerprint density at radius 3 is 1.54 bits per heavy atom. The van der Waals surface area contributed by atoms with Crippen molar-refractivity contribution in [2.45, 2.75) is 38.3 Å². The predicted molar refractivity (Wildman–Crippen MR) is 107 cm³/mol. The van der Waals surface area contributed by atoms with Crippen LogP contribution in [-0.2, 0) is 9.47 Å². The van der Waals surface area contributed by atoms with Gasteiger partial charge in [0.2, 0.25) is 0 Å². The first-order chi connectivity index (χ1) is 13.6. The Balaban J connectivity index is 1.46. The minimum Gasteiger partial charge on any atom is -0.357 e. The lowest BCUT2D eigenvalue weighted by molar-refractivity contribution is 0.126. The van der Waals surface area contributed by atoms with Gasteiger partial charge in [-0.3, -0.25) is 0 Å².